The number of likely N-dealkylation sites (tertiary alicyclic amines) is 1. The summed E-state index contributed by atoms with van der Waals surface area (Å²) in [6, 6.07) is 7.53. The third-order valence-corrected chi connectivity index (χ3v) is 5.24. The van der Waals surface area contributed by atoms with Crippen LogP contribution in [-0.2, 0) is 9.59 Å². The molecule has 118 valence electrons. The van der Waals surface area contributed by atoms with Crippen LogP contribution >= 0.6 is 15.9 Å². The van der Waals surface area contributed by atoms with Gasteiger partial charge in [0.05, 0.1) is 17.5 Å². The number of halogens is 1. The van der Waals surface area contributed by atoms with Crippen LogP contribution in [0.5, 0.6) is 0 Å². The van der Waals surface area contributed by atoms with Crippen molar-refractivity contribution in [3.05, 3.63) is 28.7 Å². The van der Waals surface area contributed by atoms with Crippen molar-refractivity contribution in [2.45, 2.75) is 26.2 Å². The predicted molar refractivity (Wildman–Crippen MR) is 89.3 cm³/mol. The lowest BCUT2D eigenvalue weighted by Crippen LogP contribution is -2.40. The number of nitrogens with zero attached hydrogens (tertiary/aromatic N) is 1. The molecule has 0 bridgehead atoms. The van der Waals surface area contributed by atoms with E-state index < -0.39 is 0 Å². The molecule has 1 heterocycles. The molecule has 2 fully saturated rings. The summed E-state index contributed by atoms with van der Waals surface area (Å²) in [5.74, 6) is 0.405. The van der Waals surface area contributed by atoms with Crippen molar-refractivity contribution in [2.24, 2.45) is 17.8 Å². The van der Waals surface area contributed by atoms with Gasteiger partial charge in [-0.1, -0.05) is 19.1 Å². The van der Waals surface area contributed by atoms with Crippen LogP contribution in [-0.4, -0.2) is 29.8 Å². The van der Waals surface area contributed by atoms with E-state index in [9.17, 15) is 9.59 Å². The van der Waals surface area contributed by atoms with Gasteiger partial charge < -0.3 is 10.2 Å². The summed E-state index contributed by atoms with van der Waals surface area (Å²) in [6.07, 6.45) is 2.95. The van der Waals surface area contributed by atoms with Crippen LogP contribution in [0.2, 0.25) is 0 Å². The largest absolute Gasteiger partial charge is 0.342 e. The molecule has 0 aromatic heterocycles. The minimum absolute atomic E-state index is 0.0460. The fraction of sp³-hybridized carbons (Fsp3) is 0.529. The number of benzene rings is 1. The number of piperidine rings is 1. The summed E-state index contributed by atoms with van der Waals surface area (Å²) < 4.78 is 0.858. The Morgan fingerprint density at radius 3 is 2.77 bits per heavy atom. The van der Waals surface area contributed by atoms with Gasteiger partial charge in [-0.3, -0.25) is 9.59 Å². The normalized spacial score (nSPS) is 27.4. The second-order valence-electron chi connectivity index (χ2n) is 6.45. The fourth-order valence-corrected chi connectivity index (χ4v) is 3.55. The van der Waals surface area contributed by atoms with Gasteiger partial charge in [0.25, 0.3) is 0 Å². The van der Waals surface area contributed by atoms with Crippen LogP contribution in [0.15, 0.2) is 28.7 Å². The van der Waals surface area contributed by atoms with E-state index in [2.05, 4.69) is 28.2 Å². The number of hydrogen-bond acceptors (Lipinski definition) is 2. The van der Waals surface area contributed by atoms with Crippen molar-refractivity contribution in [1.29, 1.82) is 0 Å². The van der Waals surface area contributed by atoms with E-state index in [-0.39, 0.29) is 23.7 Å². The van der Waals surface area contributed by atoms with Gasteiger partial charge in [-0.05, 0) is 53.2 Å². The highest BCUT2D eigenvalue weighted by Crippen LogP contribution is 2.41. The van der Waals surface area contributed by atoms with Crippen molar-refractivity contribution in [3.8, 4) is 0 Å². The molecule has 1 aliphatic heterocycles. The van der Waals surface area contributed by atoms with Crippen LogP contribution < -0.4 is 5.32 Å². The topological polar surface area (TPSA) is 49.4 Å². The molecule has 1 saturated heterocycles. The second-order valence-corrected chi connectivity index (χ2v) is 7.30. The first-order chi connectivity index (χ1) is 10.6. The average molecular weight is 365 g/mol. The summed E-state index contributed by atoms with van der Waals surface area (Å²) in [7, 11) is 0. The maximum Gasteiger partial charge on any atom is 0.228 e. The lowest BCUT2D eigenvalue weighted by molar-refractivity contribution is -0.135. The summed E-state index contributed by atoms with van der Waals surface area (Å²) in [5.41, 5.74) is 0.761. The SMILES string of the molecule is CC1CCCN(C(=O)C2CC2C(=O)Nc2ccccc2Br)C1. The summed E-state index contributed by atoms with van der Waals surface area (Å²) in [4.78, 5) is 26.7. The van der Waals surface area contributed by atoms with Gasteiger partial charge in [0, 0.05) is 17.6 Å². The van der Waals surface area contributed by atoms with Gasteiger partial charge in [-0.25, -0.2) is 0 Å². The molecule has 0 spiro atoms. The Kier molecular flexibility index (Phi) is 4.52. The zero-order chi connectivity index (χ0) is 15.7. The average Bonchev–Trinajstić information content (AvgIpc) is 3.29. The lowest BCUT2D eigenvalue weighted by atomic mass is 10.00. The predicted octanol–water partition coefficient (Wildman–Crippen LogP) is 3.28. The minimum Gasteiger partial charge on any atom is -0.342 e. The Morgan fingerprint density at radius 2 is 2.05 bits per heavy atom. The van der Waals surface area contributed by atoms with Crippen molar-refractivity contribution in [1.82, 2.24) is 4.90 Å². The number of amides is 2. The first-order valence-electron chi connectivity index (χ1n) is 7.90. The first-order valence-corrected chi connectivity index (χ1v) is 8.69. The standard InChI is InChI=1S/C17H21BrN2O2/c1-11-5-4-8-20(10-11)17(22)13-9-12(13)16(21)19-15-7-3-2-6-14(15)18/h2-3,6-7,11-13H,4-5,8-10H2,1H3,(H,19,21). The molecular weight excluding hydrogens is 344 g/mol. The summed E-state index contributed by atoms with van der Waals surface area (Å²) >= 11 is 3.42. The van der Waals surface area contributed by atoms with Gasteiger partial charge in [0.15, 0.2) is 0 Å². The maximum atomic E-state index is 12.5. The summed E-state index contributed by atoms with van der Waals surface area (Å²) in [5, 5.41) is 2.91. The van der Waals surface area contributed by atoms with E-state index in [1.54, 1.807) is 0 Å². The molecule has 1 N–H and O–H groups in total. The van der Waals surface area contributed by atoms with Crippen molar-refractivity contribution >= 4 is 33.4 Å². The third kappa shape index (κ3) is 3.35. The van der Waals surface area contributed by atoms with Gasteiger partial charge in [-0.2, -0.15) is 0 Å². The molecule has 2 amide bonds. The number of carbonyl (C=O) groups excluding carboxylic acids is 2. The van der Waals surface area contributed by atoms with E-state index >= 15 is 0 Å². The Hall–Kier alpha value is -1.36. The van der Waals surface area contributed by atoms with Crippen LogP contribution in [0.3, 0.4) is 0 Å². The molecule has 4 nitrogen and oxygen atoms in total. The molecule has 5 heteroatoms. The Balaban J connectivity index is 1.56. The molecule has 22 heavy (non-hydrogen) atoms. The van der Waals surface area contributed by atoms with Gasteiger partial charge in [0.1, 0.15) is 0 Å². The van der Waals surface area contributed by atoms with Gasteiger partial charge in [0.2, 0.25) is 11.8 Å². The van der Waals surface area contributed by atoms with Crippen molar-refractivity contribution in [2.75, 3.05) is 18.4 Å². The molecule has 3 unspecified atom stereocenters. The smallest absolute Gasteiger partial charge is 0.228 e. The number of nitrogens with one attached hydrogen (secondary N) is 1. The van der Waals surface area contributed by atoms with E-state index in [4.69, 9.17) is 0 Å². The van der Waals surface area contributed by atoms with E-state index in [0.29, 0.717) is 12.3 Å². The molecule has 2 aliphatic rings. The molecule has 1 saturated carbocycles. The zero-order valence-corrected chi connectivity index (χ0v) is 14.3. The van der Waals surface area contributed by atoms with E-state index in [0.717, 1.165) is 29.7 Å². The highest BCUT2D eigenvalue weighted by molar-refractivity contribution is 9.10. The molecule has 3 rings (SSSR count). The zero-order valence-electron chi connectivity index (χ0n) is 12.7. The van der Waals surface area contributed by atoms with Crippen LogP contribution in [0, 0.1) is 17.8 Å². The van der Waals surface area contributed by atoms with Gasteiger partial charge in [-0.15, -0.1) is 0 Å². The molecular formula is C17H21BrN2O2. The third-order valence-electron chi connectivity index (χ3n) is 4.54. The van der Waals surface area contributed by atoms with E-state index in [1.807, 2.05) is 29.2 Å². The summed E-state index contributed by atoms with van der Waals surface area (Å²) in [6.45, 7) is 3.87. The van der Waals surface area contributed by atoms with Crippen LogP contribution in [0.4, 0.5) is 5.69 Å². The van der Waals surface area contributed by atoms with Crippen LogP contribution in [0.1, 0.15) is 26.2 Å². The number of carbonyl (C=O) groups is 2. The number of rotatable bonds is 3. The highest BCUT2D eigenvalue weighted by Gasteiger charge is 2.49. The number of para-hydroxylation sites is 1. The second kappa shape index (κ2) is 6.41. The number of hydrogen-bond donors (Lipinski definition) is 1. The van der Waals surface area contributed by atoms with Crippen molar-refractivity contribution < 1.29 is 9.59 Å². The molecule has 3 atom stereocenters. The Labute approximate surface area is 139 Å². The molecule has 1 aromatic rings. The molecule has 0 radical (unpaired) electrons. The van der Waals surface area contributed by atoms with E-state index in [1.165, 1.54) is 6.42 Å². The van der Waals surface area contributed by atoms with Crippen LogP contribution in [0.25, 0.3) is 0 Å². The number of anilines is 1. The van der Waals surface area contributed by atoms with Crippen molar-refractivity contribution in [3.63, 3.8) is 0 Å². The first kappa shape index (κ1) is 15.5. The Bertz CT molecular complexity index is 590. The van der Waals surface area contributed by atoms with Gasteiger partial charge >= 0.3 is 0 Å². The fourth-order valence-electron chi connectivity index (χ4n) is 3.17. The maximum absolute atomic E-state index is 12.5. The monoisotopic (exact) mass is 364 g/mol. The molecule has 1 aliphatic carbocycles. The molecule has 1 aromatic carbocycles. The Morgan fingerprint density at radius 1 is 1.27 bits per heavy atom. The highest BCUT2D eigenvalue weighted by atomic mass is 79.9. The minimum atomic E-state index is -0.170. The quantitative estimate of drug-likeness (QED) is 0.894. The lowest BCUT2D eigenvalue weighted by Gasteiger charge is -2.31.